The Bertz CT molecular complexity index is 765. The van der Waals surface area contributed by atoms with Crippen molar-refractivity contribution in [1.29, 1.82) is 0 Å². The van der Waals surface area contributed by atoms with E-state index in [2.05, 4.69) is 10.2 Å². The predicted octanol–water partition coefficient (Wildman–Crippen LogP) is 0.755. The Balaban J connectivity index is 2.27. The number of rotatable bonds is 7. The summed E-state index contributed by atoms with van der Waals surface area (Å²) in [5, 5.41) is 7.26. The molecule has 1 aromatic heterocycles. The lowest BCUT2D eigenvalue weighted by Crippen LogP contribution is -2.30. The molecule has 0 atom stereocenters. The van der Waals surface area contributed by atoms with Gasteiger partial charge in [0.05, 0.1) is 14.2 Å². The Labute approximate surface area is 133 Å². The summed E-state index contributed by atoms with van der Waals surface area (Å²) in [5.41, 5.74) is 0. The zero-order valence-corrected chi connectivity index (χ0v) is 13.7. The van der Waals surface area contributed by atoms with Gasteiger partial charge in [-0.3, -0.25) is 0 Å². The highest BCUT2D eigenvalue weighted by atomic mass is 32.2. The Morgan fingerprint density at radius 2 is 1.74 bits per heavy atom. The summed E-state index contributed by atoms with van der Waals surface area (Å²) in [6.45, 7) is 0.478. The molecule has 2 aromatic rings. The fourth-order valence-corrected chi connectivity index (χ4v) is 3.13. The topological polar surface area (TPSA) is 86.6 Å². The van der Waals surface area contributed by atoms with Crippen molar-refractivity contribution in [3.05, 3.63) is 30.6 Å². The zero-order valence-electron chi connectivity index (χ0n) is 12.9. The third kappa shape index (κ3) is 3.59. The standard InChI is InChI=1S/C13H17FN4O4S/c1-17(4-5-18-8-15-16-9-18)23(19,20)13-7-12(22-3)11(21-2)6-10(13)14/h6-9H,4-5H2,1-3H3. The van der Waals surface area contributed by atoms with E-state index < -0.39 is 20.7 Å². The minimum Gasteiger partial charge on any atom is -0.493 e. The molecule has 0 aliphatic rings. The second-order valence-electron chi connectivity index (χ2n) is 4.66. The second kappa shape index (κ2) is 6.92. The van der Waals surface area contributed by atoms with Gasteiger partial charge >= 0.3 is 0 Å². The van der Waals surface area contributed by atoms with Gasteiger partial charge in [-0.25, -0.2) is 12.8 Å². The van der Waals surface area contributed by atoms with Crippen molar-refractivity contribution in [1.82, 2.24) is 19.1 Å². The lowest BCUT2D eigenvalue weighted by Gasteiger charge is -2.18. The van der Waals surface area contributed by atoms with Crippen molar-refractivity contribution in [2.75, 3.05) is 27.8 Å². The van der Waals surface area contributed by atoms with Crippen molar-refractivity contribution in [3.8, 4) is 11.5 Å². The summed E-state index contributed by atoms with van der Waals surface area (Å²) in [6, 6.07) is 2.10. The van der Waals surface area contributed by atoms with Gasteiger partial charge in [0.25, 0.3) is 0 Å². The molecule has 0 aliphatic heterocycles. The lowest BCUT2D eigenvalue weighted by molar-refractivity contribution is 0.349. The van der Waals surface area contributed by atoms with Crippen LogP contribution in [-0.2, 0) is 16.6 Å². The quantitative estimate of drug-likeness (QED) is 0.737. The molecule has 0 aliphatic carbocycles. The Morgan fingerprint density at radius 1 is 1.17 bits per heavy atom. The molecule has 23 heavy (non-hydrogen) atoms. The van der Waals surface area contributed by atoms with Gasteiger partial charge in [-0.05, 0) is 0 Å². The number of sulfonamides is 1. The monoisotopic (exact) mass is 344 g/mol. The van der Waals surface area contributed by atoms with E-state index in [1.807, 2.05) is 0 Å². The van der Waals surface area contributed by atoms with E-state index in [0.29, 0.717) is 6.54 Å². The third-order valence-corrected chi connectivity index (χ3v) is 5.14. The summed E-state index contributed by atoms with van der Waals surface area (Å²) < 4.78 is 51.9. The number of likely N-dealkylation sites (N-methyl/N-ethyl adjacent to an activating group) is 1. The maximum Gasteiger partial charge on any atom is 0.245 e. The average molecular weight is 344 g/mol. The Kier molecular flexibility index (Phi) is 5.16. The molecule has 0 saturated carbocycles. The summed E-state index contributed by atoms with van der Waals surface area (Å²) in [7, 11) is 0.0522. The van der Waals surface area contributed by atoms with Gasteiger partial charge in [0, 0.05) is 32.3 Å². The molecular weight excluding hydrogens is 327 g/mol. The molecule has 2 rings (SSSR count). The van der Waals surface area contributed by atoms with E-state index in [0.717, 1.165) is 16.4 Å². The van der Waals surface area contributed by atoms with Crippen molar-refractivity contribution >= 4 is 10.0 Å². The van der Waals surface area contributed by atoms with Crippen LogP contribution in [0.25, 0.3) is 0 Å². The number of aromatic nitrogens is 3. The van der Waals surface area contributed by atoms with Crippen LogP contribution in [0.3, 0.4) is 0 Å². The number of halogens is 1. The van der Waals surface area contributed by atoms with Gasteiger partial charge in [-0.15, -0.1) is 10.2 Å². The van der Waals surface area contributed by atoms with Gasteiger partial charge in [-0.2, -0.15) is 4.31 Å². The Hall–Kier alpha value is -2.20. The van der Waals surface area contributed by atoms with Crippen molar-refractivity contribution in [2.45, 2.75) is 11.4 Å². The second-order valence-corrected chi connectivity index (χ2v) is 6.68. The minimum absolute atomic E-state index is 0.121. The predicted molar refractivity (Wildman–Crippen MR) is 79.3 cm³/mol. The maximum atomic E-state index is 14.2. The number of ether oxygens (including phenoxy) is 2. The highest BCUT2D eigenvalue weighted by Gasteiger charge is 2.26. The average Bonchev–Trinajstić information content (AvgIpc) is 3.05. The van der Waals surface area contributed by atoms with Crippen molar-refractivity contribution < 1.29 is 22.3 Å². The lowest BCUT2D eigenvalue weighted by atomic mass is 10.3. The number of hydrogen-bond acceptors (Lipinski definition) is 6. The largest absolute Gasteiger partial charge is 0.493 e. The molecular formula is C13H17FN4O4S. The first kappa shape index (κ1) is 17.2. The summed E-state index contributed by atoms with van der Waals surface area (Å²) in [4.78, 5) is -0.471. The summed E-state index contributed by atoms with van der Waals surface area (Å²) in [6.07, 6.45) is 2.94. The first-order chi connectivity index (χ1) is 10.9. The van der Waals surface area contributed by atoms with Gasteiger partial charge < -0.3 is 14.0 Å². The molecule has 0 unspecified atom stereocenters. The summed E-state index contributed by atoms with van der Waals surface area (Å²) >= 11 is 0. The minimum atomic E-state index is -4.01. The van der Waals surface area contributed by atoms with Crippen LogP contribution in [0, 0.1) is 5.82 Å². The van der Waals surface area contributed by atoms with Crippen LogP contribution in [0.5, 0.6) is 11.5 Å². The molecule has 1 aromatic carbocycles. The van der Waals surface area contributed by atoms with E-state index in [1.54, 1.807) is 4.57 Å². The van der Waals surface area contributed by atoms with Crippen LogP contribution in [0.4, 0.5) is 4.39 Å². The molecule has 0 N–H and O–H groups in total. The number of hydrogen-bond donors (Lipinski definition) is 0. The summed E-state index contributed by atoms with van der Waals surface area (Å²) in [5.74, 6) is -0.644. The molecule has 1 heterocycles. The van der Waals surface area contributed by atoms with Crippen LogP contribution < -0.4 is 9.47 Å². The molecule has 8 nitrogen and oxygen atoms in total. The van der Waals surface area contributed by atoms with Crippen LogP contribution in [0.15, 0.2) is 29.7 Å². The molecule has 0 bridgehead atoms. The molecule has 0 amide bonds. The molecule has 0 spiro atoms. The van der Waals surface area contributed by atoms with E-state index >= 15 is 0 Å². The molecule has 126 valence electrons. The van der Waals surface area contributed by atoms with Crippen molar-refractivity contribution in [2.24, 2.45) is 0 Å². The van der Waals surface area contributed by atoms with E-state index in [9.17, 15) is 12.8 Å². The molecule has 10 heteroatoms. The van der Waals surface area contributed by atoms with E-state index in [-0.39, 0.29) is 18.0 Å². The SMILES string of the molecule is COc1cc(F)c(S(=O)(=O)N(C)CCn2cnnc2)cc1OC. The Morgan fingerprint density at radius 3 is 2.30 bits per heavy atom. The first-order valence-corrected chi connectivity index (χ1v) is 8.04. The smallest absolute Gasteiger partial charge is 0.245 e. The van der Waals surface area contributed by atoms with E-state index in [1.165, 1.54) is 33.9 Å². The fourth-order valence-electron chi connectivity index (χ4n) is 1.92. The van der Waals surface area contributed by atoms with Gasteiger partial charge in [0.15, 0.2) is 11.5 Å². The number of benzene rings is 1. The molecule has 0 radical (unpaired) electrons. The molecule has 0 saturated heterocycles. The normalized spacial score (nSPS) is 11.7. The van der Waals surface area contributed by atoms with Gasteiger partial charge in [0.2, 0.25) is 10.0 Å². The van der Waals surface area contributed by atoms with Crippen LogP contribution in [-0.4, -0.2) is 55.3 Å². The third-order valence-electron chi connectivity index (χ3n) is 3.27. The van der Waals surface area contributed by atoms with Crippen LogP contribution in [0.1, 0.15) is 0 Å². The fraction of sp³-hybridized carbons (Fsp3) is 0.385. The number of methoxy groups -OCH3 is 2. The van der Waals surface area contributed by atoms with E-state index in [4.69, 9.17) is 9.47 Å². The van der Waals surface area contributed by atoms with Gasteiger partial charge in [-0.1, -0.05) is 0 Å². The zero-order chi connectivity index (χ0) is 17.0. The van der Waals surface area contributed by atoms with Gasteiger partial charge in [0.1, 0.15) is 23.4 Å². The van der Waals surface area contributed by atoms with Crippen LogP contribution >= 0.6 is 0 Å². The number of nitrogens with zero attached hydrogens (tertiary/aromatic N) is 4. The first-order valence-electron chi connectivity index (χ1n) is 6.60. The highest BCUT2D eigenvalue weighted by Crippen LogP contribution is 2.32. The highest BCUT2D eigenvalue weighted by molar-refractivity contribution is 7.89. The van der Waals surface area contributed by atoms with Crippen LogP contribution in [0.2, 0.25) is 0 Å². The maximum absolute atomic E-state index is 14.2. The van der Waals surface area contributed by atoms with Crippen molar-refractivity contribution in [3.63, 3.8) is 0 Å². The molecule has 0 fully saturated rings.